The first-order valence-electron chi connectivity index (χ1n) is 9.73. The molecule has 0 bridgehead atoms. The quantitative estimate of drug-likeness (QED) is 0.588. The monoisotopic (exact) mass is 462 g/mol. The van der Waals surface area contributed by atoms with Gasteiger partial charge in [-0.05, 0) is 49.6 Å². The summed E-state index contributed by atoms with van der Waals surface area (Å²) in [4.78, 5) is 12.2. The molecule has 2 aromatic rings. The Kier molecular flexibility index (Phi) is 7.91. The Morgan fingerprint density at radius 1 is 1.24 bits per heavy atom. The molecule has 0 saturated carbocycles. The van der Waals surface area contributed by atoms with Gasteiger partial charge in [-0.15, -0.1) is 0 Å². The minimum atomic E-state index is -0.227. The summed E-state index contributed by atoms with van der Waals surface area (Å²) in [6.07, 6.45) is 2.53. The van der Waals surface area contributed by atoms with Crippen molar-refractivity contribution in [3.63, 3.8) is 0 Å². The Labute approximate surface area is 180 Å². The number of amides is 1. The van der Waals surface area contributed by atoms with Crippen LogP contribution in [-0.4, -0.2) is 38.9 Å². The Morgan fingerprint density at radius 2 is 2.03 bits per heavy atom. The Hall–Kier alpha value is -2.09. The lowest BCUT2D eigenvalue weighted by Crippen LogP contribution is -2.26. The van der Waals surface area contributed by atoms with Gasteiger partial charge in [0.1, 0.15) is 0 Å². The van der Waals surface area contributed by atoms with Gasteiger partial charge in [0.2, 0.25) is 0 Å². The molecular weight excluding hydrogens is 436 g/mol. The number of rotatable bonds is 9. The van der Waals surface area contributed by atoms with E-state index >= 15 is 0 Å². The predicted octanol–water partition coefficient (Wildman–Crippen LogP) is 4.05. The molecule has 2 N–H and O–H groups in total. The van der Waals surface area contributed by atoms with Crippen LogP contribution in [0.4, 0.5) is 5.69 Å². The highest BCUT2D eigenvalue weighted by atomic mass is 79.9. The summed E-state index contributed by atoms with van der Waals surface area (Å²) in [7, 11) is 1.59. The van der Waals surface area contributed by atoms with Gasteiger partial charge in [-0.3, -0.25) is 4.79 Å². The van der Waals surface area contributed by atoms with Crippen LogP contribution in [0.5, 0.6) is 11.5 Å². The third-order valence-corrected chi connectivity index (χ3v) is 5.48. The molecule has 0 aliphatic carbocycles. The first-order chi connectivity index (χ1) is 14.0. The minimum absolute atomic E-state index is 0.104. The average Bonchev–Trinajstić information content (AvgIpc) is 3.23. The van der Waals surface area contributed by atoms with Gasteiger partial charge in [0.25, 0.3) is 5.91 Å². The largest absolute Gasteiger partial charge is 0.493 e. The van der Waals surface area contributed by atoms with E-state index in [1.54, 1.807) is 7.11 Å². The van der Waals surface area contributed by atoms with Crippen LogP contribution >= 0.6 is 15.9 Å². The summed E-state index contributed by atoms with van der Waals surface area (Å²) in [5, 5.41) is 6.24. The summed E-state index contributed by atoms with van der Waals surface area (Å²) in [5.41, 5.74) is 2.93. The molecule has 1 aliphatic heterocycles. The lowest BCUT2D eigenvalue weighted by molar-refractivity contribution is -0.118. The Balaban J connectivity index is 1.54. The van der Waals surface area contributed by atoms with Crippen molar-refractivity contribution in [1.82, 2.24) is 5.32 Å². The molecule has 1 unspecified atom stereocenters. The highest BCUT2D eigenvalue weighted by molar-refractivity contribution is 9.10. The zero-order chi connectivity index (χ0) is 20.6. The van der Waals surface area contributed by atoms with Crippen LogP contribution in [0.3, 0.4) is 0 Å². The molecule has 7 heteroatoms. The highest BCUT2D eigenvalue weighted by Crippen LogP contribution is 2.33. The van der Waals surface area contributed by atoms with E-state index in [1.807, 2.05) is 43.3 Å². The number of benzene rings is 2. The maximum Gasteiger partial charge on any atom is 0.262 e. The molecule has 0 radical (unpaired) electrons. The average molecular weight is 463 g/mol. The van der Waals surface area contributed by atoms with Crippen molar-refractivity contribution < 1.29 is 19.0 Å². The number of hydrogen-bond donors (Lipinski definition) is 2. The number of halogens is 1. The molecule has 1 aliphatic rings. The lowest BCUT2D eigenvalue weighted by Gasteiger charge is -2.15. The topological polar surface area (TPSA) is 68.8 Å². The fourth-order valence-corrected chi connectivity index (χ4v) is 3.60. The fraction of sp³-hybridized carbons (Fsp3) is 0.409. The van der Waals surface area contributed by atoms with Crippen LogP contribution in [0.25, 0.3) is 0 Å². The molecule has 0 spiro atoms. The minimum Gasteiger partial charge on any atom is -0.493 e. The van der Waals surface area contributed by atoms with E-state index in [-0.39, 0.29) is 12.5 Å². The van der Waals surface area contributed by atoms with E-state index in [4.69, 9.17) is 14.2 Å². The van der Waals surface area contributed by atoms with Gasteiger partial charge in [-0.25, -0.2) is 0 Å². The normalized spacial score (nSPS) is 15.9. The van der Waals surface area contributed by atoms with Gasteiger partial charge in [0, 0.05) is 29.9 Å². The molecule has 1 fully saturated rings. The number of ether oxygens (including phenoxy) is 3. The molecular formula is C22H27BrN2O4. The number of methoxy groups -OCH3 is 1. The molecule has 1 saturated heterocycles. The number of hydrogen-bond acceptors (Lipinski definition) is 5. The van der Waals surface area contributed by atoms with E-state index < -0.39 is 0 Å². The van der Waals surface area contributed by atoms with Gasteiger partial charge < -0.3 is 24.8 Å². The van der Waals surface area contributed by atoms with Crippen molar-refractivity contribution >= 4 is 27.5 Å². The first-order valence-corrected chi connectivity index (χ1v) is 10.5. The summed E-state index contributed by atoms with van der Waals surface area (Å²) in [6, 6.07) is 11.4. The standard InChI is InChI=1S/C22H27BrN2O4/c1-15-5-7-17(8-6-15)25-22(26)14-29-21-11-19(23)16(10-20(21)27-2)12-24-13-18-4-3-9-28-18/h5-8,10-11,18,24H,3-4,9,12-14H2,1-2H3,(H,25,26). The van der Waals surface area contributed by atoms with Crippen molar-refractivity contribution in [3.05, 3.63) is 52.0 Å². The summed E-state index contributed by atoms with van der Waals surface area (Å²) < 4.78 is 17.7. The second kappa shape index (κ2) is 10.6. The zero-order valence-corrected chi connectivity index (χ0v) is 18.4. The summed E-state index contributed by atoms with van der Waals surface area (Å²) in [6.45, 7) is 4.26. The van der Waals surface area contributed by atoms with Crippen LogP contribution in [0, 0.1) is 6.92 Å². The molecule has 1 atom stereocenters. The maximum atomic E-state index is 12.2. The maximum absolute atomic E-state index is 12.2. The SMILES string of the molecule is COc1cc(CNCC2CCCO2)c(Br)cc1OCC(=O)Nc1ccc(C)cc1. The van der Waals surface area contributed by atoms with Crippen molar-refractivity contribution in [1.29, 1.82) is 0 Å². The predicted molar refractivity (Wildman–Crippen MR) is 117 cm³/mol. The fourth-order valence-electron chi connectivity index (χ4n) is 3.14. The molecule has 156 valence electrons. The third kappa shape index (κ3) is 6.45. The molecule has 3 rings (SSSR count). The first kappa shape index (κ1) is 21.6. The van der Waals surface area contributed by atoms with Crippen molar-refractivity contribution in [2.24, 2.45) is 0 Å². The number of carbonyl (C=O) groups excluding carboxylic acids is 1. The van der Waals surface area contributed by atoms with Crippen LogP contribution < -0.4 is 20.1 Å². The van der Waals surface area contributed by atoms with Gasteiger partial charge in [0.15, 0.2) is 18.1 Å². The van der Waals surface area contributed by atoms with Gasteiger partial charge in [-0.2, -0.15) is 0 Å². The number of carbonyl (C=O) groups is 1. The molecule has 2 aromatic carbocycles. The van der Waals surface area contributed by atoms with E-state index in [2.05, 4.69) is 26.6 Å². The van der Waals surface area contributed by atoms with Crippen molar-refractivity contribution in [2.45, 2.75) is 32.4 Å². The van der Waals surface area contributed by atoms with E-state index in [9.17, 15) is 4.79 Å². The van der Waals surface area contributed by atoms with E-state index in [0.717, 1.165) is 47.3 Å². The Morgan fingerprint density at radius 3 is 2.72 bits per heavy atom. The number of anilines is 1. The summed E-state index contributed by atoms with van der Waals surface area (Å²) in [5.74, 6) is 0.876. The number of nitrogens with one attached hydrogen (secondary N) is 2. The molecule has 6 nitrogen and oxygen atoms in total. The van der Waals surface area contributed by atoms with Gasteiger partial charge in [-0.1, -0.05) is 33.6 Å². The van der Waals surface area contributed by atoms with Gasteiger partial charge in [0.05, 0.1) is 13.2 Å². The molecule has 1 heterocycles. The van der Waals surface area contributed by atoms with Crippen LogP contribution in [0.1, 0.15) is 24.0 Å². The third-order valence-electron chi connectivity index (χ3n) is 4.74. The van der Waals surface area contributed by atoms with Crippen LogP contribution in [0.15, 0.2) is 40.9 Å². The van der Waals surface area contributed by atoms with E-state index in [0.29, 0.717) is 24.1 Å². The molecule has 29 heavy (non-hydrogen) atoms. The lowest BCUT2D eigenvalue weighted by atomic mass is 10.2. The van der Waals surface area contributed by atoms with Crippen molar-refractivity contribution in [2.75, 3.05) is 32.2 Å². The zero-order valence-electron chi connectivity index (χ0n) is 16.8. The van der Waals surface area contributed by atoms with Crippen molar-refractivity contribution in [3.8, 4) is 11.5 Å². The molecule has 0 aromatic heterocycles. The molecule has 1 amide bonds. The summed E-state index contributed by atoms with van der Waals surface area (Å²) >= 11 is 3.58. The van der Waals surface area contributed by atoms with E-state index in [1.165, 1.54) is 0 Å². The Bertz CT molecular complexity index is 820. The van der Waals surface area contributed by atoms with Crippen LogP contribution in [0.2, 0.25) is 0 Å². The van der Waals surface area contributed by atoms with Gasteiger partial charge >= 0.3 is 0 Å². The second-order valence-corrected chi connectivity index (χ2v) is 7.92. The van der Waals surface area contributed by atoms with Crippen LogP contribution in [-0.2, 0) is 16.1 Å². The highest BCUT2D eigenvalue weighted by Gasteiger charge is 2.16. The second-order valence-electron chi connectivity index (χ2n) is 7.06. The smallest absolute Gasteiger partial charge is 0.262 e. The number of aryl methyl sites for hydroxylation is 1.